The van der Waals surface area contributed by atoms with Crippen molar-refractivity contribution in [1.29, 1.82) is 0 Å². The molecule has 3 heterocycles. The minimum atomic E-state index is -3.61. The number of pyridine rings is 1. The van der Waals surface area contributed by atoms with E-state index in [4.69, 9.17) is 4.74 Å². The van der Waals surface area contributed by atoms with Crippen molar-refractivity contribution in [1.82, 2.24) is 25.0 Å². The number of rotatable bonds is 5. The highest BCUT2D eigenvalue weighted by atomic mass is 32.2. The molecule has 178 valence electrons. The summed E-state index contributed by atoms with van der Waals surface area (Å²) < 4.78 is 33.3. The normalized spacial score (nSPS) is 14.7. The highest BCUT2D eigenvalue weighted by molar-refractivity contribution is 7.89. The molecule has 1 aromatic carbocycles. The van der Waals surface area contributed by atoms with E-state index in [2.05, 4.69) is 40.9 Å². The second-order valence-corrected chi connectivity index (χ2v) is 8.98. The molecule has 1 aliphatic heterocycles. The van der Waals surface area contributed by atoms with Gasteiger partial charge in [-0.3, -0.25) is 4.98 Å². The Kier molecular flexibility index (Phi) is 7.34. The quantitative estimate of drug-likeness (QED) is 0.341. The highest BCUT2D eigenvalue weighted by Crippen LogP contribution is 2.25. The van der Waals surface area contributed by atoms with Gasteiger partial charge in [0, 0.05) is 25.0 Å². The van der Waals surface area contributed by atoms with Crippen LogP contribution in [0.4, 0.5) is 27.9 Å². The average molecular weight is 485 g/mol. The SMILES string of the molecule is O=C(NCCOc1cnc2nc1NCCCNS(=O)(=O)c1cccc(c1)N2)Nc1cccnc1. The lowest BCUT2D eigenvalue weighted by Crippen LogP contribution is -2.32. The second kappa shape index (κ2) is 10.8. The van der Waals surface area contributed by atoms with Gasteiger partial charge in [0.1, 0.15) is 6.61 Å². The molecule has 0 unspecified atom stereocenters. The third kappa shape index (κ3) is 6.30. The molecule has 2 aromatic heterocycles. The van der Waals surface area contributed by atoms with Gasteiger partial charge in [0.2, 0.25) is 16.0 Å². The molecule has 0 saturated heterocycles. The van der Waals surface area contributed by atoms with E-state index < -0.39 is 10.0 Å². The molecule has 12 nitrogen and oxygen atoms in total. The van der Waals surface area contributed by atoms with E-state index in [1.165, 1.54) is 18.3 Å². The van der Waals surface area contributed by atoms with Gasteiger partial charge < -0.3 is 26.0 Å². The van der Waals surface area contributed by atoms with Gasteiger partial charge in [0.15, 0.2) is 11.6 Å². The number of nitrogens with one attached hydrogen (secondary N) is 5. The Morgan fingerprint density at radius 2 is 2.06 bits per heavy atom. The summed E-state index contributed by atoms with van der Waals surface area (Å²) in [4.78, 5) is 24.8. The number of benzene rings is 1. The molecule has 0 aliphatic carbocycles. The van der Waals surface area contributed by atoms with Gasteiger partial charge in [-0.15, -0.1) is 0 Å². The van der Waals surface area contributed by atoms with E-state index in [9.17, 15) is 13.2 Å². The number of ether oxygens (including phenoxy) is 1. The van der Waals surface area contributed by atoms with E-state index in [0.29, 0.717) is 35.9 Å². The first-order valence-electron chi connectivity index (χ1n) is 10.5. The van der Waals surface area contributed by atoms with E-state index in [1.807, 2.05) is 0 Å². The molecule has 3 aromatic rings. The van der Waals surface area contributed by atoms with E-state index in [0.717, 1.165) is 0 Å². The molecule has 2 amide bonds. The van der Waals surface area contributed by atoms with Crippen molar-refractivity contribution in [2.24, 2.45) is 0 Å². The van der Waals surface area contributed by atoms with Crippen molar-refractivity contribution in [3.05, 3.63) is 55.0 Å². The van der Waals surface area contributed by atoms with Gasteiger partial charge in [-0.2, -0.15) is 4.98 Å². The number of hydrogen-bond donors (Lipinski definition) is 5. The maximum atomic E-state index is 12.5. The first kappa shape index (κ1) is 23.2. The fraction of sp³-hybridized carbons (Fsp3) is 0.238. The molecule has 0 radical (unpaired) electrons. The number of urea groups is 1. The van der Waals surface area contributed by atoms with Crippen molar-refractivity contribution in [3.8, 4) is 5.75 Å². The van der Waals surface area contributed by atoms with Crippen molar-refractivity contribution in [3.63, 3.8) is 0 Å². The molecule has 0 saturated carbocycles. The van der Waals surface area contributed by atoms with Gasteiger partial charge in [-0.25, -0.2) is 22.9 Å². The molecular formula is C21H24N8O4S. The van der Waals surface area contributed by atoms with E-state index >= 15 is 0 Å². The Labute approximate surface area is 196 Å². The molecule has 0 fully saturated rings. The first-order valence-corrected chi connectivity index (χ1v) is 12.0. The Balaban J connectivity index is 1.39. The summed E-state index contributed by atoms with van der Waals surface area (Å²) in [7, 11) is -3.61. The summed E-state index contributed by atoms with van der Waals surface area (Å²) in [6.07, 6.45) is 5.21. The van der Waals surface area contributed by atoms with Gasteiger partial charge in [0.05, 0.1) is 29.5 Å². The van der Waals surface area contributed by atoms with Crippen LogP contribution in [0.1, 0.15) is 6.42 Å². The molecule has 5 N–H and O–H groups in total. The Hall–Kier alpha value is -3.97. The summed E-state index contributed by atoms with van der Waals surface area (Å²) in [6, 6.07) is 9.49. The number of aromatic nitrogens is 3. The number of fused-ring (bicyclic) bond motifs is 4. The largest absolute Gasteiger partial charge is 0.486 e. The van der Waals surface area contributed by atoms with Crippen molar-refractivity contribution < 1.29 is 17.9 Å². The number of amides is 2. The highest BCUT2D eigenvalue weighted by Gasteiger charge is 2.16. The van der Waals surface area contributed by atoms with Gasteiger partial charge in [-0.1, -0.05) is 6.07 Å². The molecule has 34 heavy (non-hydrogen) atoms. The summed E-state index contributed by atoms with van der Waals surface area (Å²) in [5.74, 6) is 1.14. The molecule has 13 heteroatoms. The van der Waals surface area contributed by atoms with Crippen molar-refractivity contribution >= 4 is 39.2 Å². The maximum Gasteiger partial charge on any atom is 0.319 e. The minimum absolute atomic E-state index is 0.157. The van der Waals surface area contributed by atoms with Crippen LogP contribution in [0.15, 0.2) is 59.9 Å². The number of nitrogens with zero attached hydrogens (tertiary/aromatic N) is 3. The number of hydrogen-bond acceptors (Lipinski definition) is 9. The van der Waals surface area contributed by atoms with Crippen LogP contribution < -0.4 is 30.7 Å². The van der Waals surface area contributed by atoms with E-state index in [1.54, 1.807) is 36.7 Å². The zero-order valence-corrected chi connectivity index (χ0v) is 18.9. The van der Waals surface area contributed by atoms with Crippen LogP contribution in [0.5, 0.6) is 5.75 Å². The second-order valence-electron chi connectivity index (χ2n) is 7.21. The molecule has 0 atom stereocenters. The van der Waals surface area contributed by atoms with Crippen molar-refractivity contribution in [2.75, 3.05) is 42.2 Å². The minimum Gasteiger partial charge on any atom is -0.486 e. The topological polar surface area (TPSA) is 159 Å². The van der Waals surface area contributed by atoms with Gasteiger partial charge >= 0.3 is 6.03 Å². The number of anilines is 4. The monoisotopic (exact) mass is 484 g/mol. The number of carbonyl (C=O) groups excluding carboxylic acids is 1. The van der Waals surface area contributed by atoms with Crippen LogP contribution in [-0.4, -0.2) is 55.6 Å². The molecular weight excluding hydrogens is 460 g/mol. The standard InChI is InChI=1S/C21H24N8O4S/c30-21(28-16-5-2-7-22-13-16)24-10-11-33-18-14-25-20-27-15-4-1-6-17(12-15)34(31,32)26-9-3-8-23-19(18)29-20/h1-2,4-7,12-14,26H,3,8-11H2,(H2,24,28,30)(H2,23,25,27,29). The Morgan fingerprint density at radius 1 is 1.15 bits per heavy atom. The Bertz CT molecular complexity index is 1240. The van der Waals surface area contributed by atoms with Crippen molar-refractivity contribution in [2.45, 2.75) is 11.3 Å². The lowest BCUT2D eigenvalue weighted by Gasteiger charge is -2.14. The van der Waals surface area contributed by atoms with Crippen LogP contribution in [0.2, 0.25) is 0 Å². The molecule has 1 aliphatic rings. The molecule has 0 spiro atoms. The fourth-order valence-corrected chi connectivity index (χ4v) is 4.18. The van der Waals surface area contributed by atoms with E-state index in [-0.39, 0.29) is 36.6 Å². The van der Waals surface area contributed by atoms with Gasteiger partial charge in [-0.05, 0) is 36.8 Å². The van der Waals surface area contributed by atoms with Gasteiger partial charge in [0.25, 0.3) is 0 Å². The third-order valence-electron chi connectivity index (χ3n) is 4.66. The molecule has 4 bridgehead atoms. The van der Waals surface area contributed by atoms with Crippen LogP contribution in [0.3, 0.4) is 0 Å². The zero-order valence-electron chi connectivity index (χ0n) is 18.1. The third-order valence-corrected chi connectivity index (χ3v) is 6.12. The predicted molar refractivity (Wildman–Crippen MR) is 127 cm³/mol. The number of sulfonamides is 1. The summed E-state index contributed by atoms with van der Waals surface area (Å²) in [6.45, 7) is 1.16. The van der Waals surface area contributed by atoms with Crippen LogP contribution >= 0.6 is 0 Å². The maximum absolute atomic E-state index is 12.5. The van der Waals surface area contributed by atoms with Crippen LogP contribution in [0.25, 0.3) is 0 Å². The average Bonchev–Trinajstić information content (AvgIpc) is 2.83. The molecule has 4 rings (SSSR count). The summed E-state index contributed by atoms with van der Waals surface area (Å²) in [5, 5.41) is 11.5. The fourth-order valence-electron chi connectivity index (χ4n) is 3.06. The lowest BCUT2D eigenvalue weighted by molar-refractivity contribution is 0.247. The zero-order chi connectivity index (χ0) is 23.8. The van der Waals surface area contributed by atoms with Crippen LogP contribution in [0, 0.1) is 0 Å². The number of carbonyl (C=O) groups is 1. The lowest BCUT2D eigenvalue weighted by atomic mass is 10.3. The summed E-state index contributed by atoms with van der Waals surface area (Å²) in [5.41, 5.74) is 1.12. The Morgan fingerprint density at radius 3 is 2.91 bits per heavy atom. The predicted octanol–water partition coefficient (Wildman–Crippen LogP) is 1.91. The van der Waals surface area contributed by atoms with Crippen LogP contribution in [-0.2, 0) is 10.0 Å². The first-order chi connectivity index (χ1) is 16.5. The summed E-state index contributed by atoms with van der Waals surface area (Å²) >= 11 is 0. The smallest absolute Gasteiger partial charge is 0.319 e.